The summed E-state index contributed by atoms with van der Waals surface area (Å²) in [6, 6.07) is 10.8. The van der Waals surface area contributed by atoms with Gasteiger partial charge >= 0.3 is 0 Å². The Bertz CT molecular complexity index is 643. The van der Waals surface area contributed by atoms with Crippen molar-refractivity contribution in [3.05, 3.63) is 53.2 Å². The maximum atomic E-state index is 5.46. The minimum Gasteiger partial charge on any atom is -0.496 e. The van der Waals surface area contributed by atoms with Gasteiger partial charge in [0.25, 0.3) is 0 Å². The Morgan fingerprint density at radius 3 is 2.95 bits per heavy atom. The highest BCUT2D eigenvalue weighted by Crippen LogP contribution is 2.29. The van der Waals surface area contributed by atoms with Crippen molar-refractivity contribution in [3.8, 4) is 11.6 Å². The van der Waals surface area contributed by atoms with E-state index in [2.05, 4.69) is 28.5 Å². The molecule has 0 bridgehead atoms. The second-order valence-electron chi connectivity index (χ2n) is 5.63. The summed E-state index contributed by atoms with van der Waals surface area (Å²) in [6.45, 7) is 0.836. The number of nitrogens with one attached hydrogen (secondary N) is 1. The summed E-state index contributed by atoms with van der Waals surface area (Å²) in [5.41, 5.74) is 3.97. The molecule has 0 saturated heterocycles. The molecular formula is C18H22N2O2. The van der Waals surface area contributed by atoms with Crippen LogP contribution < -0.4 is 14.8 Å². The highest BCUT2D eigenvalue weighted by molar-refractivity contribution is 5.42. The van der Waals surface area contributed by atoms with Gasteiger partial charge in [0.1, 0.15) is 5.75 Å². The van der Waals surface area contributed by atoms with Gasteiger partial charge in [-0.2, -0.15) is 0 Å². The Morgan fingerprint density at radius 1 is 1.23 bits per heavy atom. The molecule has 1 heterocycles. The smallest absolute Gasteiger partial charge is 0.213 e. The van der Waals surface area contributed by atoms with E-state index >= 15 is 0 Å². The average molecular weight is 298 g/mol. The van der Waals surface area contributed by atoms with Gasteiger partial charge in [-0.3, -0.25) is 0 Å². The zero-order valence-electron chi connectivity index (χ0n) is 13.1. The normalized spacial score (nSPS) is 16.9. The number of hydrogen-bond donors (Lipinski definition) is 1. The SMILES string of the molecule is COc1cc(CNC2CCc3c(cccc3OC)C2)ccn1. The monoisotopic (exact) mass is 298 g/mol. The minimum absolute atomic E-state index is 0.499. The third kappa shape index (κ3) is 3.22. The van der Waals surface area contributed by atoms with Crippen LogP contribution in [0.4, 0.5) is 0 Å². The van der Waals surface area contributed by atoms with Crippen LogP contribution in [-0.2, 0) is 19.4 Å². The van der Waals surface area contributed by atoms with Crippen molar-refractivity contribution < 1.29 is 9.47 Å². The van der Waals surface area contributed by atoms with E-state index in [0.29, 0.717) is 11.9 Å². The molecule has 1 aromatic heterocycles. The fourth-order valence-corrected chi connectivity index (χ4v) is 3.07. The number of nitrogens with zero attached hydrogens (tertiary/aromatic N) is 1. The van der Waals surface area contributed by atoms with Crippen LogP contribution in [-0.4, -0.2) is 25.2 Å². The van der Waals surface area contributed by atoms with Crippen LogP contribution in [0.25, 0.3) is 0 Å². The van der Waals surface area contributed by atoms with Crippen molar-refractivity contribution in [2.75, 3.05) is 14.2 Å². The summed E-state index contributed by atoms with van der Waals surface area (Å²) in [5, 5.41) is 3.64. The molecule has 3 rings (SSSR count). The van der Waals surface area contributed by atoms with Crippen LogP contribution >= 0.6 is 0 Å². The van der Waals surface area contributed by atoms with Gasteiger partial charge in [0.15, 0.2) is 0 Å². The summed E-state index contributed by atoms with van der Waals surface area (Å²) < 4.78 is 10.6. The van der Waals surface area contributed by atoms with Crippen LogP contribution in [0.5, 0.6) is 11.6 Å². The molecule has 22 heavy (non-hydrogen) atoms. The predicted octanol–water partition coefficient (Wildman–Crippen LogP) is 2.75. The zero-order chi connectivity index (χ0) is 15.4. The number of fused-ring (bicyclic) bond motifs is 1. The molecule has 0 amide bonds. The number of ether oxygens (including phenoxy) is 2. The molecule has 4 nitrogen and oxygen atoms in total. The van der Waals surface area contributed by atoms with Crippen LogP contribution in [0.2, 0.25) is 0 Å². The minimum atomic E-state index is 0.499. The van der Waals surface area contributed by atoms with Gasteiger partial charge in [-0.15, -0.1) is 0 Å². The molecule has 1 aliphatic rings. The summed E-state index contributed by atoms with van der Waals surface area (Å²) in [5.74, 6) is 1.69. The summed E-state index contributed by atoms with van der Waals surface area (Å²) in [6.07, 6.45) is 5.04. The van der Waals surface area contributed by atoms with Gasteiger partial charge < -0.3 is 14.8 Å². The van der Waals surface area contributed by atoms with Gasteiger partial charge in [0.05, 0.1) is 14.2 Å². The van der Waals surface area contributed by atoms with Crippen molar-refractivity contribution in [1.29, 1.82) is 0 Å². The first-order valence-corrected chi connectivity index (χ1v) is 7.67. The average Bonchev–Trinajstić information content (AvgIpc) is 2.59. The van der Waals surface area contributed by atoms with E-state index in [-0.39, 0.29) is 0 Å². The molecule has 116 valence electrons. The Balaban J connectivity index is 1.63. The highest BCUT2D eigenvalue weighted by atomic mass is 16.5. The van der Waals surface area contributed by atoms with Crippen molar-refractivity contribution >= 4 is 0 Å². The molecule has 0 saturated carbocycles. The van der Waals surface area contributed by atoms with Gasteiger partial charge in [0, 0.05) is 24.8 Å². The number of methoxy groups -OCH3 is 2. The molecule has 1 aromatic carbocycles. The van der Waals surface area contributed by atoms with Gasteiger partial charge in [-0.05, 0) is 48.1 Å². The van der Waals surface area contributed by atoms with E-state index in [4.69, 9.17) is 9.47 Å². The van der Waals surface area contributed by atoms with E-state index in [0.717, 1.165) is 31.6 Å². The molecular weight excluding hydrogens is 276 g/mol. The first-order valence-electron chi connectivity index (χ1n) is 7.67. The molecule has 0 aliphatic heterocycles. The lowest BCUT2D eigenvalue weighted by atomic mass is 9.87. The number of benzene rings is 1. The van der Waals surface area contributed by atoms with Crippen LogP contribution in [0.1, 0.15) is 23.1 Å². The second-order valence-corrected chi connectivity index (χ2v) is 5.63. The number of rotatable bonds is 5. The van der Waals surface area contributed by atoms with Crippen LogP contribution in [0, 0.1) is 0 Å². The molecule has 0 fully saturated rings. The van der Waals surface area contributed by atoms with E-state index in [1.54, 1.807) is 20.4 Å². The van der Waals surface area contributed by atoms with Crippen molar-refractivity contribution in [3.63, 3.8) is 0 Å². The largest absolute Gasteiger partial charge is 0.496 e. The summed E-state index contributed by atoms with van der Waals surface area (Å²) in [4.78, 5) is 4.14. The van der Waals surface area contributed by atoms with Gasteiger partial charge in [-0.25, -0.2) is 4.98 Å². The maximum absolute atomic E-state index is 5.46. The Kier molecular flexibility index (Phi) is 4.59. The second kappa shape index (κ2) is 6.79. The fourth-order valence-electron chi connectivity index (χ4n) is 3.07. The molecule has 2 aromatic rings. The van der Waals surface area contributed by atoms with Crippen LogP contribution in [0.3, 0.4) is 0 Å². The van der Waals surface area contributed by atoms with Crippen molar-refractivity contribution in [2.24, 2.45) is 0 Å². The van der Waals surface area contributed by atoms with Crippen molar-refractivity contribution in [2.45, 2.75) is 31.8 Å². The number of hydrogen-bond acceptors (Lipinski definition) is 4. The van der Waals surface area contributed by atoms with E-state index in [1.807, 2.05) is 12.1 Å². The third-order valence-corrected chi connectivity index (χ3v) is 4.26. The highest BCUT2D eigenvalue weighted by Gasteiger charge is 2.20. The quantitative estimate of drug-likeness (QED) is 0.922. The zero-order valence-corrected chi connectivity index (χ0v) is 13.1. The van der Waals surface area contributed by atoms with E-state index < -0.39 is 0 Å². The number of pyridine rings is 1. The summed E-state index contributed by atoms with van der Waals surface area (Å²) in [7, 11) is 3.39. The Morgan fingerprint density at radius 2 is 2.14 bits per heavy atom. The van der Waals surface area contributed by atoms with Crippen LogP contribution in [0.15, 0.2) is 36.5 Å². The van der Waals surface area contributed by atoms with Gasteiger partial charge in [-0.1, -0.05) is 12.1 Å². The standard InChI is InChI=1S/C18H22N2O2/c1-21-17-5-3-4-14-11-15(6-7-16(14)17)20-12-13-8-9-19-18(10-13)22-2/h3-5,8-10,15,20H,6-7,11-12H2,1-2H3. The predicted molar refractivity (Wildman–Crippen MR) is 86.4 cm³/mol. The molecule has 1 aliphatic carbocycles. The summed E-state index contributed by atoms with van der Waals surface area (Å²) >= 11 is 0. The van der Waals surface area contributed by atoms with E-state index in [9.17, 15) is 0 Å². The molecule has 1 unspecified atom stereocenters. The topological polar surface area (TPSA) is 43.4 Å². The Labute approximate surface area is 131 Å². The molecule has 0 spiro atoms. The number of aromatic nitrogens is 1. The molecule has 0 radical (unpaired) electrons. The third-order valence-electron chi connectivity index (χ3n) is 4.26. The lowest BCUT2D eigenvalue weighted by molar-refractivity contribution is 0.393. The fraction of sp³-hybridized carbons (Fsp3) is 0.389. The molecule has 1 N–H and O–H groups in total. The van der Waals surface area contributed by atoms with E-state index in [1.165, 1.54) is 16.7 Å². The lowest BCUT2D eigenvalue weighted by Crippen LogP contribution is -2.34. The first kappa shape index (κ1) is 14.9. The van der Waals surface area contributed by atoms with Gasteiger partial charge in [0.2, 0.25) is 5.88 Å². The van der Waals surface area contributed by atoms with Crippen molar-refractivity contribution in [1.82, 2.24) is 10.3 Å². The molecule has 4 heteroatoms. The lowest BCUT2D eigenvalue weighted by Gasteiger charge is -2.27. The Hall–Kier alpha value is -2.07. The molecule has 1 atom stereocenters. The first-order chi connectivity index (χ1) is 10.8. The maximum Gasteiger partial charge on any atom is 0.213 e.